The summed E-state index contributed by atoms with van der Waals surface area (Å²) in [4.78, 5) is 5.44. The molecule has 1 N–H and O–H groups in total. The number of aryl methyl sites for hydroxylation is 1. The van der Waals surface area contributed by atoms with Crippen molar-refractivity contribution < 1.29 is 4.84 Å². The zero-order chi connectivity index (χ0) is 11.5. The van der Waals surface area contributed by atoms with E-state index in [2.05, 4.69) is 5.48 Å². The monoisotopic (exact) mass is 227 g/mol. The third-order valence-electron chi connectivity index (χ3n) is 1.95. The van der Waals surface area contributed by atoms with E-state index in [4.69, 9.17) is 16.4 Å². The summed E-state index contributed by atoms with van der Waals surface area (Å²) in [6, 6.07) is 5.86. The van der Waals surface area contributed by atoms with Crippen molar-refractivity contribution in [3.8, 4) is 0 Å². The number of rotatable bonds is 3. The van der Waals surface area contributed by atoms with Crippen molar-refractivity contribution in [2.24, 2.45) is 0 Å². The van der Waals surface area contributed by atoms with Gasteiger partial charge in [-0.15, -0.1) is 0 Å². The van der Waals surface area contributed by atoms with Gasteiger partial charge in [0.05, 0.1) is 5.60 Å². The van der Waals surface area contributed by atoms with Crippen LogP contribution >= 0.6 is 11.6 Å². The van der Waals surface area contributed by atoms with Gasteiger partial charge < -0.3 is 0 Å². The maximum absolute atomic E-state index is 5.87. The second-order valence-electron chi connectivity index (χ2n) is 4.61. The lowest BCUT2D eigenvalue weighted by atomic mass is 10.1. The van der Waals surface area contributed by atoms with Crippen LogP contribution in [0.25, 0.3) is 0 Å². The van der Waals surface area contributed by atoms with Crippen LogP contribution in [0.5, 0.6) is 0 Å². The third kappa shape index (κ3) is 4.65. The molecule has 0 unspecified atom stereocenters. The van der Waals surface area contributed by atoms with Crippen LogP contribution < -0.4 is 5.48 Å². The zero-order valence-electron chi connectivity index (χ0n) is 9.73. The minimum absolute atomic E-state index is 0.166. The van der Waals surface area contributed by atoms with Crippen LogP contribution in [0.4, 0.5) is 0 Å². The minimum Gasteiger partial charge on any atom is -0.296 e. The molecule has 0 aliphatic carbocycles. The average Bonchev–Trinajstić information content (AvgIpc) is 2.07. The molecule has 0 spiro atoms. The fourth-order valence-corrected chi connectivity index (χ4v) is 1.41. The second kappa shape index (κ2) is 4.97. The first kappa shape index (κ1) is 12.5. The summed E-state index contributed by atoms with van der Waals surface area (Å²) in [5, 5.41) is 0.771. The smallest absolute Gasteiger partial charge is 0.0813 e. The molecule has 0 atom stereocenters. The Hall–Kier alpha value is -0.570. The molecule has 0 saturated heterocycles. The van der Waals surface area contributed by atoms with Crippen molar-refractivity contribution in [3.63, 3.8) is 0 Å². The van der Waals surface area contributed by atoms with E-state index >= 15 is 0 Å². The fraction of sp³-hybridized carbons (Fsp3) is 0.500. The number of benzene rings is 1. The summed E-state index contributed by atoms with van der Waals surface area (Å²) in [5.41, 5.74) is 5.16. The van der Waals surface area contributed by atoms with Gasteiger partial charge in [-0.2, -0.15) is 5.48 Å². The number of halogens is 1. The van der Waals surface area contributed by atoms with E-state index in [0.717, 1.165) is 5.02 Å². The van der Waals surface area contributed by atoms with Gasteiger partial charge in [-0.1, -0.05) is 17.7 Å². The molecule has 1 rings (SSSR count). The topological polar surface area (TPSA) is 21.3 Å². The first-order valence-electron chi connectivity index (χ1n) is 5.04. The molecule has 1 aromatic rings. The molecule has 0 bridgehead atoms. The van der Waals surface area contributed by atoms with E-state index in [0.29, 0.717) is 6.54 Å². The Balaban J connectivity index is 2.51. The molecule has 0 fully saturated rings. The van der Waals surface area contributed by atoms with Gasteiger partial charge in [0.15, 0.2) is 0 Å². The Bertz CT molecular complexity index is 331. The third-order valence-corrected chi connectivity index (χ3v) is 2.18. The Morgan fingerprint density at radius 3 is 2.53 bits per heavy atom. The molecule has 0 aliphatic heterocycles. The van der Waals surface area contributed by atoms with Crippen molar-refractivity contribution in [2.45, 2.75) is 39.8 Å². The van der Waals surface area contributed by atoms with E-state index in [1.165, 1.54) is 11.1 Å². The molecular weight excluding hydrogens is 210 g/mol. The number of hydroxylamine groups is 1. The Morgan fingerprint density at radius 1 is 1.33 bits per heavy atom. The Labute approximate surface area is 96.5 Å². The van der Waals surface area contributed by atoms with Crippen LogP contribution in [0, 0.1) is 6.92 Å². The highest BCUT2D eigenvalue weighted by Crippen LogP contribution is 2.15. The summed E-state index contributed by atoms with van der Waals surface area (Å²) < 4.78 is 0. The van der Waals surface area contributed by atoms with Crippen LogP contribution in [0.15, 0.2) is 18.2 Å². The van der Waals surface area contributed by atoms with Gasteiger partial charge in [0.25, 0.3) is 0 Å². The van der Waals surface area contributed by atoms with E-state index < -0.39 is 0 Å². The molecule has 0 saturated carbocycles. The van der Waals surface area contributed by atoms with Crippen molar-refractivity contribution in [1.29, 1.82) is 0 Å². The molecule has 0 amide bonds. The molecule has 84 valence electrons. The van der Waals surface area contributed by atoms with Crippen LogP contribution in [-0.4, -0.2) is 5.60 Å². The molecule has 0 radical (unpaired) electrons. The summed E-state index contributed by atoms with van der Waals surface area (Å²) in [7, 11) is 0. The first-order chi connectivity index (χ1) is 6.88. The predicted octanol–water partition coefficient (Wildman–Crippen LogP) is 3.47. The van der Waals surface area contributed by atoms with E-state index in [1.54, 1.807) is 0 Å². The second-order valence-corrected chi connectivity index (χ2v) is 5.04. The lowest BCUT2D eigenvalue weighted by Crippen LogP contribution is -2.28. The number of hydrogen-bond acceptors (Lipinski definition) is 2. The van der Waals surface area contributed by atoms with Gasteiger partial charge in [0, 0.05) is 11.6 Å². The molecule has 15 heavy (non-hydrogen) atoms. The predicted molar refractivity (Wildman–Crippen MR) is 63.9 cm³/mol. The van der Waals surface area contributed by atoms with E-state index in [9.17, 15) is 0 Å². The van der Waals surface area contributed by atoms with Crippen LogP contribution in [0.2, 0.25) is 5.02 Å². The Kier molecular flexibility index (Phi) is 4.14. The standard InChI is InChI=1S/C12H18ClNO/c1-9-7-11(13)6-5-10(9)8-14-15-12(2,3)4/h5-7,14H,8H2,1-4H3. The van der Waals surface area contributed by atoms with Crippen molar-refractivity contribution in [3.05, 3.63) is 34.3 Å². The van der Waals surface area contributed by atoms with Crippen molar-refractivity contribution >= 4 is 11.6 Å². The number of hydrogen-bond donors (Lipinski definition) is 1. The van der Waals surface area contributed by atoms with Gasteiger partial charge in [-0.05, 0) is 51.0 Å². The molecule has 0 aliphatic rings. The maximum Gasteiger partial charge on any atom is 0.0813 e. The molecule has 2 nitrogen and oxygen atoms in total. The summed E-state index contributed by atoms with van der Waals surface area (Å²) in [5.74, 6) is 0. The van der Waals surface area contributed by atoms with Gasteiger partial charge in [-0.25, -0.2) is 0 Å². The van der Waals surface area contributed by atoms with Crippen LogP contribution in [-0.2, 0) is 11.4 Å². The molecule has 3 heteroatoms. The van der Waals surface area contributed by atoms with Crippen LogP contribution in [0.1, 0.15) is 31.9 Å². The van der Waals surface area contributed by atoms with Crippen molar-refractivity contribution in [2.75, 3.05) is 0 Å². The minimum atomic E-state index is -0.166. The molecule has 0 heterocycles. The molecular formula is C12H18ClNO. The van der Waals surface area contributed by atoms with Gasteiger partial charge in [0.1, 0.15) is 0 Å². The highest BCUT2D eigenvalue weighted by atomic mass is 35.5. The van der Waals surface area contributed by atoms with Crippen LogP contribution in [0.3, 0.4) is 0 Å². The van der Waals surface area contributed by atoms with Gasteiger partial charge >= 0.3 is 0 Å². The summed E-state index contributed by atoms with van der Waals surface area (Å²) in [6.07, 6.45) is 0. The Morgan fingerprint density at radius 2 is 2.00 bits per heavy atom. The highest BCUT2D eigenvalue weighted by Gasteiger charge is 2.10. The lowest BCUT2D eigenvalue weighted by Gasteiger charge is -2.19. The fourth-order valence-electron chi connectivity index (χ4n) is 1.19. The molecule has 0 aromatic heterocycles. The SMILES string of the molecule is Cc1cc(Cl)ccc1CNOC(C)(C)C. The average molecular weight is 228 g/mol. The summed E-state index contributed by atoms with van der Waals surface area (Å²) in [6.45, 7) is 8.76. The van der Waals surface area contributed by atoms with Crippen molar-refractivity contribution in [1.82, 2.24) is 5.48 Å². The zero-order valence-corrected chi connectivity index (χ0v) is 10.5. The normalized spacial score (nSPS) is 11.8. The lowest BCUT2D eigenvalue weighted by molar-refractivity contribution is -0.0758. The highest BCUT2D eigenvalue weighted by molar-refractivity contribution is 6.30. The maximum atomic E-state index is 5.87. The van der Waals surface area contributed by atoms with Gasteiger partial charge in [0.2, 0.25) is 0 Å². The largest absolute Gasteiger partial charge is 0.296 e. The molecule has 1 aromatic carbocycles. The first-order valence-corrected chi connectivity index (χ1v) is 5.42. The number of nitrogens with one attached hydrogen (secondary N) is 1. The van der Waals surface area contributed by atoms with E-state index in [1.807, 2.05) is 45.9 Å². The quantitative estimate of drug-likeness (QED) is 0.799. The summed E-state index contributed by atoms with van der Waals surface area (Å²) >= 11 is 5.87. The van der Waals surface area contributed by atoms with Gasteiger partial charge in [-0.3, -0.25) is 4.84 Å². The van der Waals surface area contributed by atoms with E-state index in [-0.39, 0.29) is 5.60 Å².